The number of aliphatic hydroxyl groups is 5. The Labute approximate surface area is 372 Å². The van der Waals surface area contributed by atoms with Gasteiger partial charge in [-0.1, -0.05) is 132 Å². The molecule has 8 heteroatoms. The standard InChI is InChI=1S/C52H104O8/c1-31(2)45(12,13)39(11)52(25,57)60-42(26-33(5)53)29-41(55)30-43-28-40(54)27-34(6)58-50(22,23)36(8)47(16,17)35(7)48(18,19)37(9)51(24,59-43)38(10)49(20,21)44(56)46(14,15)32(3)4/h31-44,53-57H,26-30H2,1-25H3. The van der Waals surface area contributed by atoms with Gasteiger partial charge in [-0.3, -0.25) is 0 Å². The molecular formula is C52H104O8. The average Bonchev–Trinajstić information content (AvgIpc) is 3.07. The van der Waals surface area contributed by atoms with Gasteiger partial charge in [0.1, 0.15) is 0 Å². The number of rotatable bonds is 16. The normalized spacial score (nSPS) is 33.0. The summed E-state index contributed by atoms with van der Waals surface area (Å²) in [7, 11) is 0. The zero-order valence-corrected chi connectivity index (χ0v) is 44.1. The minimum atomic E-state index is -1.51. The monoisotopic (exact) mass is 857 g/mol. The van der Waals surface area contributed by atoms with Crippen molar-refractivity contribution in [2.45, 2.75) is 265 Å². The maximum Gasteiger partial charge on any atom is 0.166 e. The quantitative estimate of drug-likeness (QED) is 0.0971. The Balaban J connectivity index is 4.04. The van der Waals surface area contributed by atoms with E-state index in [4.69, 9.17) is 14.2 Å². The molecule has 1 heterocycles. The second-order valence-electron chi connectivity index (χ2n) is 25.0. The first kappa shape index (κ1) is 57.7. The van der Waals surface area contributed by atoms with E-state index in [0.717, 1.165) is 0 Å². The van der Waals surface area contributed by atoms with E-state index >= 15 is 0 Å². The third-order valence-electron chi connectivity index (χ3n) is 18.8. The van der Waals surface area contributed by atoms with Crippen molar-refractivity contribution in [1.29, 1.82) is 0 Å². The molecule has 0 saturated carbocycles. The van der Waals surface area contributed by atoms with Gasteiger partial charge >= 0.3 is 0 Å². The van der Waals surface area contributed by atoms with Crippen molar-refractivity contribution in [3.63, 3.8) is 0 Å². The summed E-state index contributed by atoms with van der Waals surface area (Å²) in [6.45, 7) is 54.2. The molecule has 0 aliphatic carbocycles. The molecule has 0 amide bonds. The molecule has 14 atom stereocenters. The Morgan fingerprint density at radius 1 is 0.633 bits per heavy atom. The molecule has 0 aromatic rings. The smallest absolute Gasteiger partial charge is 0.166 e. The van der Waals surface area contributed by atoms with E-state index in [1.165, 1.54) is 0 Å². The highest BCUT2D eigenvalue weighted by Crippen LogP contribution is 2.58. The summed E-state index contributed by atoms with van der Waals surface area (Å²) < 4.78 is 20.9. The van der Waals surface area contributed by atoms with Gasteiger partial charge in [-0.2, -0.15) is 0 Å². The number of hydrogen-bond donors (Lipinski definition) is 5. The first-order chi connectivity index (χ1) is 26.6. The molecule has 0 aromatic heterocycles. The Morgan fingerprint density at radius 3 is 1.55 bits per heavy atom. The summed E-state index contributed by atoms with van der Waals surface area (Å²) in [5.41, 5.74) is -2.99. The molecule has 14 unspecified atom stereocenters. The predicted octanol–water partition coefficient (Wildman–Crippen LogP) is 11.5. The van der Waals surface area contributed by atoms with Crippen molar-refractivity contribution in [2.24, 2.45) is 68.5 Å². The molecule has 1 fully saturated rings. The first-order valence-corrected chi connectivity index (χ1v) is 24.1. The van der Waals surface area contributed by atoms with Crippen molar-refractivity contribution in [2.75, 3.05) is 0 Å². The molecule has 0 radical (unpaired) electrons. The van der Waals surface area contributed by atoms with Crippen LogP contribution >= 0.6 is 0 Å². The second kappa shape index (κ2) is 20.5. The molecule has 8 nitrogen and oxygen atoms in total. The van der Waals surface area contributed by atoms with E-state index < -0.39 is 59.0 Å². The SMILES string of the molecule is CC(O)CC(CC(O)CC1CC(O)CC(C)OC(C)(C)C(C)C(C)(C)C(C)C(C)(C)C(C)C(C)(C(C)C(C)(C)C(O)C(C)(C)C(C)C)O1)OC(C)(O)C(C)C(C)(C)C(C)C. The van der Waals surface area contributed by atoms with Crippen LogP contribution in [-0.4, -0.2) is 85.2 Å². The van der Waals surface area contributed by atoms with Crippen LogP contribution < -0.4 is 0 Å². The van der Waals surface area contributed by atoms with Crippen LogP contribution in [0.3, 0.4) is 0 Å². The Kier molecular flexibility index (Phi) is 19.7. The highest BCUT2D eigenvalue weighted by atomic mass is 16.6. The molecule has 360 valence electrons. The minimum Gasteiger partial charge on any atom is -0.393 e. The van der Waals surface area contributed by atoms with Gasteiger partial charge in [-0.25, -0.2) is 0 Å². The maximum atomic E-state index is 12.4. The van der Waals surface area contributed by atoms with Crippen molar-refractivity contribution in [1.82, 2.24) is 0 Å². The van der Waals surface area contributed by atoms with Gasteiger partial charge in [0.2, 0.25) is 0 Å². The van der Waals surface area contributed by atoms with Gasteiger partial charge in [0, 0.05) is 5.92 Å². The lowest BCUT2D eigenvalue weighted by Gasteiger charge is -2.59. The van der Waals surface area contributed by atoms with Gasteiger partial charge in [0.15, 0.2) is 5.79 Å². The number of ether oxygens (including phenoxy) is 3. The van der Waals surface area contributed by atoms with Crippen molar-refractivity contribution in [3.8, 4) is 0 Å². The molecule has 1 saturated heterocycles. The Hall–Kier alpha value is -0.320. The number of hydrogen-bond acceptors (Lipinski definition) is 8. The maximum absolute atomic E-state index is 12.4. The number of aliphatic hydroxyl groups excluding tert-OH is 4. The summed E-state index contributed by atoms with van der Waals surface area (Å²) in [4.78, 5) is 0. The zero-order chi connectivity index (χ0) is 47.7. The first-order valence-electron chi connectivity index (χ1n) is 24.1. The molecule has 1 aliphatic rings. The molecular weight excluding hydrogens is 753 g/mol. The summed E-state index contributed by atoms with van der Waals surface area (Å²) in [5, 5.41) is 58.8. The van der Waals surface area contributed by atoms with E-state index in [1.54, 1.807) is 13.8 Å². The predicted molar refractivity (Wildman–Crippen MR) is 251 cm³/mol. The fourth-order valence-corrected chi connectivity index (χ4v) is 11.1. The fourth-order valence-electron chi connectivity index (χ4n) is 11.1. The molecule has 0 spiro atoms. The van der Waals surface area contributed by atoms with Crippen LogP contribution in [0.2, 0.25) is 0 Å². The highest BCUT2D eigenvalue weighted by Gasteiger charge is 2.58. The van der Waals surface area contributed by atoms with Crippen LogP contribution in [-0.2, 0) is 14.2 Å². The van der Waals surface area contributed by atoms with Crippen LogP contribution in [0.1, 0.15) is 205 Å². The summed E-state index contributed by atoms with van der Waals surface area (Å²) >= 11 is 0. The molecule has 0 aromatic carbocycles. The molecule has 5 N–H and O–H groups in total. The largest absolute Gasteiger partial charge is 0.393 e. The van der Waals surface area contributed by atoms with E-state index in [1.807, 2.05) is 13.8 Å². The van der Waals surface area contributed by atoms with Gasteiger partial charge in [0.05, 0.1) is 53.9 Å². The topological polar surface area (TPSA) is 129 Å². The lowest BCUT2D eigenvalue weighted by atomic mass is 9.50. The molecule has 0 bridgehead atoms. The Bertz CT molecular complexity index is 1300. The zero-order valence-electron chi connectivity index (χ0n) is 44.1. The summed E-state index contributed by atoms with van der Waals surface area (Å²) in [5.74, 6) is -1.09. The van der Waals surface area contributed by atoms with Crippen molar-refractivity contribution < 1.29 is 39.7 Å². The van der Waals surface area contributed by atoms with Gasteiger partial charge in [-0.15, -0.1) is 0 Å². The molecule has 60 heavy (non-hydrogen) atoms. The third kappa shape index (κ3) is 13.2. The third-order valence-corrected chi connectivity index (χ3v) is 18.8. The lowest BCUT2D eigenvalue weighted by Crippen LogP contribution is -2.61. The summed E-state index contributed by atoms with van der Waals surface area (Å²) in [6.07, 6.45) is -3.22. The van der Waals surface area contributed by atoms with Crippen LogP contribution in [0.4, 0.5) is 0 Å². The van der Waals surface area contributed by atoms with Crippen molar-refractivity contribution in [3.05, 3.63) is 0 Å². The van der Waals surface area contributed by atoms with Gasteiger partial charge in [-0.05, 0) is 136 Å². The average molecular weight is 857 g/mol. The van der Waals surface area contributed by atoms with E-state index in [2.05, 4.69) is 145 Å². The van der Waals surface area contributed by atoms with E-state index in [9.17, 15) is 25.5 Å². The minimum absolute atomic E-state index is 0.0509. The molecule has 1 rings (SSSR count). The fraction of sp³-hybridized carbons (Fsp3) is 1.00. The second-order valence-corrected chi connectivity index (χ2v) is 25.0. The van der Waals surface area contributed by atoms with Gasteiger partial charge < -0.3 is 39.7 Å². The highest BCUT2D eigenvalue weighted by molar-refractivity contribution is 5.07. The van der Waals surface area contributed by atoms with Crippen LogP contribution in [0, 0.1) is 68.5 Å². The van der Waals surface area contributed by atoms with Crippen LogP contribution in [0.5, 0.6) is 0 Å². The van der Waals surface area contributed by atoms with Crippen LogP contribution in [0.25, 0.3) is 0 Å². The lowest BCUT2D eigenvalue weighted by molar-refractivity contribution is -0.273. The van der Waals surface area contributed by atoms with E-state index in [0.29, 0.717) is 6.42 Å². The van der Waals surface area contributed by atoms with E-state index in [-0.39, 0.29) is 94.9 Å². The summed E-state index contributed by atoms with van der Waals surface area (Å²) in [6, 6.07) is 0. The Morgan fingerprint density at radius 2 is 1.10 bits per heavy atom. The van der Waals surface area contributed by atoms with Gasteiger partial charge in [0.25, 0.3) is 0 Å². The van der Waals surface area contributed by atoms with Crippen molar-refractivity contribution >= 4 is 0 Å². The van der Waals surface area contributed by atoms with Crippen LogP contribution in [0.15, 0.2) is 0 Å². The molecule has 1 aliphatic heterocycles.